The predicted molar refractivity (Wildman–Crippen MR) is 69.2 cm³/mol. The van der Waals surface area contributed by atoms with Gasteiger partial charge in [-0.3, -0.25) is 0 Å². The maximum Gasteiger partial charge on any atom is 0.314 e. The molecule has 0 bridgehead atoms. The average molecular weight is 275 g/mol. The quantitative estimate of drug-likeness (QED) is 0.796. The molecule has 0 saturated heterocycles. The number of halogens is 2. The second kappa shape index (κ2) is 4.53. The van der Waals surface area contributed by atoms with Crippen molar-refractivity contribution in [3.05, 3.63) is 18.0 Å². The molecule has 3 nitrogen and oxygen atoms in total. The average Bonchev–Trinajstić information content (AvgIpc) is 1.93. The summed E-state index contributed by atoms with van der Waals surface area (Å²) in [6.07, 6.45) is -2.04. The molecule has 0 N–H and O–H groups in total. The monoisotopic (exact) mass is 275 g/mol. The summed E-state index contributed by atoms with van der Waals surface area (Å²) in [6.45, 7) is 13.1. The standard InChI is InChI=1S/C10H19F2N3Si2/c1-16(2,3)8(17(4,5)6)7-13-9(11)15-10(12)14-7/h8H,1-6H3. The molecule has 0 unspecified atom stereocenters. The fourth-order valence-corrected chi connectivity index (χ4v) is 14.7. The van der Waals surface area contributed by atoms with Crippen molar-refractivity contribution in [2.24, 2.45) is 0 Å². The highest BCUT2D eigenvalue weighted by Gasteiger charge is 2.41. The molecule has 7 heteroatoms. The lowest BCUT2D eigenvalue weighted by atomic mass is 10.7. The van der Waals surface area contributed by atoms with E-state index in [1.807, 2.05) is 0 Å². The second-order valence-corrected chi connectivity index (χ2v) is 17.6. The molecule has 0 aliphatic heterocycles. The van der Waals surface area contributed by atoms with Crippen LogP contribution >= 0.6 is 0 Å². The Morgan fingerprint density at radius 1 is 0.765 bits per heavy atom. The Morgan fingerprint density at radius 3 is 1.41 bits per heavy atom. The topological polar surface area (TPSA) is 38.7 Å². The van der Waals surface area contributed by atoms with Crippen LogP contribution in [-0.2, 0) is 0 Å². The van der Waals surface area contributed by atoms with Crippen molar-refractivity contribution in [2.45, 2.75) is 44.4 Å². The number of nitrogens with zero attached hydrogens (tertiary/aromatic N) is 3. The Morgan fingerprint density at radius 2 is 1.12 bits per heavy atom. The molecule has 0 aliphatic rings. The van der Waals surface area contributed by atoms with Crippen molar-refractivity contribution in [2.75, 3.05) is 0 Å². The van der Waals surface area contributed by atoms with E-state index in [1.165, 1.54) is 0 Å². The number of rotatable bonds is 3. The van der Waals surface area contributed by atoms with Crippen LogP contribution in [0.2, 0.25) is 39.3 Å². The number of hydrogen-bond donors (Lipinski definition) is 0. The molecule has 0 aromatic carbocycles. The fraction of sp³-hybridized carbons (Fsp3) is 0.700. The molecule has 0 aliphatic carbocycles. The van der Waals surface area contributed by atoms with E-state index in [0.29, 0.717) is 5.82 Å². The molecule has 1 aromatic heterocycles. The third-order valence-corrected chi connectivity index (χ3v) is 11.8. The van der Waals surface area contributed by atoms with Crippen LogP contribution in [0.1, 0.15) is 11.0 Å². The lowest BCUT2D eigenvalue weighted by molar-refractivity contribution is 0.446. The zero-order valence-corrected chi connectivity index (χ0v) is 13.2. The zero-order valence-electron chi connectivity index (χ0n) is 11.2. The van der Waals surface area contributed by atoms with Crippen molar-refractivity contribution in [1.82, 2.24) is 15.0 Å². The molecule has 1 rings (SSSR count). The summed E-state index contributed by atoms with van der Waals surface area (Å²) in [5.74, 6) is 0.299. The first kappa shape index (κ1) is 14.4. The normalized spacial score (nSPS) is 13.2. The summed E-state index contributed by atoms with van der Waals surface area (Å²) in [5, 5.41) is 0.113. The van der Waals surface area contributed by atoms with Gasteiger partial charge in [0.1, 0.15) is 5.82 Å². The van der Waals surface area contributed by atoms with Crippen molar-refractivity contribution in [1.29, 1.82) is 0 Å². The molecule has 1 aromatic rings. The van der Waals surface area contributed by atoms with E-state index in [1.54, 1.807) is 0 Å². The van der Waals surface area contributed by atoms with Gasteiger partial charge < -0.3 is 0 Å². The van der Waals surface area contributed by atoms with Crippen LogP contribution in [0, 0.1) is 12.2 Å². The Balaban J connectivity index is 3.33. The van der Waals surface area contributed by atoms with Crippen LogP contribution < -0.4 is 0 Å². The van der Waals surface area contributed by atoms with Gasteiger partial charge in [-0.15, -0.1) is 0 Å². The molecule has 17 heavy (non-hydrogen) atoms. The lowest BCUT2D eigenvalue weighted by Crippen LogP contribution is -2.47. The minimum atomic E-state index is -1.63. The highest BCUT2D eigenvalue weighted by Crippen LogP contribution is 2.33. The van der Waals surface area contributed by atoms with E-state index in [2.05, 4.69) is 54.2 Å². The Hall–Kier alpha value is -0.696. The van der Waals surface area contributed by atoms with Gasteiger partial charge in [0.05, 0.1) is 16.1 Å². The van der Waals surface area contributed by atoms with Gasteiger partial charge in [0.15, 0.2) is 0 Å². The van der Waals surface area contributed by atoms with Crippen LogP contribution in [0.5, 0.6) is 0 Å². The summed E-state index contributed by atoms with van der Waals surface area (Å²) in [6, 6.07) is 0. The van der Waals surface area contributed by atoms with Gasteiger partial charge in [-0.2, -0.15) is 23.7 Å². The van der Waals surface area contributed by atoms with Gasteiger partial charge in [-0.05, 0) is 0 Å². The largest absolute Gasteiger partial charge is 0.314 e. The minimum Gasteiger partial charge on any atom is -0.187 e. The lowest BCUT2D eigenvalue weighted by Gasteiger charge is -2.36. The Kier molecular flexibility index (Phi) is 3.82. The van der Waals surface area contributed by atoms with Crippen LogP contribution in [0.25, 0.3) is 0 Å². The van der Waals surface area contributed by atoms with Gasteiger partial charge in [-0.1, -0.05) is 39.3 Å². The first-order valence-electron chi connectivity index (χ1n) is 5.59. The first-order valence-corrected chi connectivity index (χ1v) is 12.7. The number of aromatic nitrogens is 3. The highest BCUT2D eigenvalue weighted by atomic mass is 28.4. The van der Waals surface area contributed by atoms with E-state index in [9.17, 15) is 8.78 Å². The highest BCUT2D eigenvalue weighted by molar-refractivity contribution is 6.96. The summed E-state index contributed by atoms with van der Waals surface area (Å²) in [4.78, 5) is 10.4. The molecule has 0 fully saturated rings. The molecular weight excluding hydrogens is 256 g/mol. The fourth-order valence-electron chi connectivity index (χ4n) is 2.54. The van der Waals surface area contributed by atoms with Crippen molar-refractivity contribution in [3.63, 3.8) is 0 Å². The Bertz CT molecular complexity index is 379. The maximum atomic E-state index is 13.1. The van der Waals surface area contributed by atoms with Crippen LogP contribution in [0.3, 0.4) is 0 Å². The van der Waals surface area contributed by atoms with Crippen LogP contribution in [-0.4, -0.2) is 31.1 Å². The van der Waals surface area contributed by atoms with Crippen LogP contribution in [0.15, 0.2) is 0 Å². The van der Waals surface area contributed by atoms with E-state index in [0.717, 1.165) is 0 Å². The van der Waals surface area contributed by atoms with E-state index < -0.39 is 28.3 Å². The van der Waals surface area contributed by atoms with Crippen molar-refractivity contribution < 1.29 is 8.78 Å². The third-order valence-electron chi connectivity index (χ3n) is 2.59. The summed E-state index contributed by atoms with van der Waals surface area (Å²) < 4.78 is 26.2. The predicted octanol–water partition coefficient (Wildman–Crippen LogP) is 2.99. The van der Waals surface area contributed by atoms with Gasteiger partial charge in [-0.25, -0.2) is 0 Å². The summed E-state index contributed by atoms with van der Waals surface area (Å²) in [7, 11) is -3.27. The van der Waals surface area contributed by atoms with Crippen molar-refractivity contribution >= 4 is 16.1 Å². The van der Waals surface area contributed by atoms with Gasteiger partial charge in [0, 0.05) is 5.16 Å². The van der Waals surface area contributed by atoms with Gasteiger partial charge in [0.25, 0.3) is 0 Å². The van der Waals surface area contributed by atoms with Crippen LogP contribution in [0.4, 0.5) is 8.78 Å². The molecule has 0 saturated carbocycles. The minimum absolute atomic E-state index is 0.113. The molecule has 0 amide bonds. The van der Waals surface area contributed by atoms with E-state index >= 15 is 0 Å². The maximum absolute atomic E-state index is 13.1. The molecule has 96 valence electrons. The zero-order chi connectivity index (χ0) is 13.4. The van der Waals surface area contributed by atoms with E-state index in [4.69, 9.17) is 0 Å². The summed E-state index contributed by atoms with van der Waals surface area (Å²) in [5.41, 5.74) is 0. The molecule has 0 radical (unpaired) electrons. The molecular formula is C10H19F2N3Si2. The third kappa shape index (κ3) is 3.63. The van der Waals surface area contributed by atoms with E-state index in [-0.39, 0.29) is 5.16 Å². The SMILES string of the molecule is C[Si](C)(C)C(c1nc(F)nc(F)n1)[Si](C)(C)C. The Labute approximate surface area is 103 Å². The van der Waals surface area contributed by atoms with Gasteiger partial charge in [0.2, 0.25) is 0 Å². The second-order valence-electron chi connectivity index (χ2n) is 6.40. The number of hydrogen-bond acceptors (Lipinski definition) is 3. The van der Waals surface area contributed by atoms with Crippen molar-refractivity contribution in [3.8, 4) is 0 Å². The first-order chi connectivity index (χ1) is 7.51. The summed E-state index contributed by atoms with van der Waals surface area (Å²) >= 11 is 0. The molecule has 1 heterocycles. The van der Waals surface area contributed by atoms with Gasteiger partial charge >= 0.3 is 12.2 Å². The smallest absolute Gasteiger partial charge is 0.187 e. The molecule has 0 spiro atoms. The molecule has 0 atom stereocenters.